The molecular formula is C26H29ClFN9O4. The number of aromatic nitrogens is 3. The molecule has 0 radical (unpaired) electrons. The van der Waals surface area contributed by atoms with Crippen molar-refractivity contribution in [3.63, 3.8) is 0 Å². The Kier molecular flexibility index (Phi) is 9.24. The first-order valence-corrected chi connectivity index (χ1v) is 12.9. The van der Waals surface area contributed by atoms with E-state index in [0.29, 0.717) is 29.1 Å². The van der Waals surface area contributed by atoms with Crippen LogP contribution in [-0.4, -0.2) is 81.7 Å². The van der Waals surface area contributed by atoms with Crippen LogP contribution in [0.3, 0.4) is 0 Å². The lowest BCUT2D eigenvalue weighted by Gasteiger charge is -2.30. The number of amides is 2. The number of halogens is 2. The Morgan fingerprint density at radius 1 is 1.41 bits per heavy atom. The Labute approximate surface area is 240 Å². The van der Waals surface area contributed by atoms with E-state index < -0.39 is 42.2 Å². The molecule has 13 nitrogen and oxygen atoms in total. The van der Waals surface area contributed by atoms with Crippen LogP contribution in [0.4, 0.5) is 10.3 Å². The molecule has 0 saturated heterocycles. The molecule has 0 bridgehead atoms. The number of anilines is 1. The van der Waals surface area contributed by atoms with Crippen LogP contribution in [0, 0.1) is 11.3 Å². The van der Waals surface area contributed by atoms with Crippen LogP contribution in [-0.2, 0) is 16.1 Å². The van der Waals surface area contributed by atoms with E-state index in [2.05, 4.69) is 36.1 Å². The molecule has 0 spiro atoms. The smallest absolute Gasteiger partial charge is 0.256 e. The van der Waals surface area contributed by atoms with E-state index in [9.17, 15) is 19.1 Å². The molecule has 2 amide bonds. The van der Waals surface area contributed by atoms with Crippen molar-refractivity contribution in [2.24, 2.45) is 11.0 Å². The molecule has 3 heterocycles. The van der Waals surface area contributed by atoms with E-state index >= 15 is 0 Å². The lowest BCUT2D eigenvalue weighted by molar-refractivity contribution is -0.126. The lowest BCUT2D eigenvalue weighted by atomic mass is 9.91. The fourth-order valence-electron chi connectivity index (χ4n) is 4.49. The van der Waals surface area contributed by atoms with Crippen molar-refractivity contribution in [2.45, 2.75) is 32.0 Å². The summed E-state index contributed by atoms with van der Waals surface area (Å²) in [7, 11) is 3.00. The van der Waals surface area contributed by atoms with Gasteiger partial charge in [0, 0.05) is 37.2 Å². The summed E-state index contributed by atoms with van der Waals surface area (Å²) in [5.74, 6) is -1.28. The Balaban J connectivity index is 1.50. The number of nitrogens with one attached hydrogen (secondary N) is 4. The Bertz CT molecular complexity index is 1450. The summed E-state index contributed by atoms with van der Waals surface area (Å²) in [6.45, 7) is 1.23. The van der Waals surface area contributed by atoms with Gasteiger partial charge in [-0.1, -0.05) is 11.6 Å². The number of amidine groups is 1. The molecule has 0 aromatic carbocycles. The number of rotatable bonds is 10. The fraction of sp³-hybridized carbons (Fsp3) is 0.346. The second-order valence-electron chi connectivity index (χ2n) is 9.24. The molecule has 4 rings (SSSR count). The summed E-state index contributed by atoms with van der Waals surface area (Å²) in [6, 6.07) is -0.0982. The van der Waals surface area contributed by atoms with Crippen LogP contribution >= 0.6 is 11.6 Å². The van der Waals surface area contributed by atoms with E-state index in [1.54, 1.807) is 20.0 Å². The number of nitrogens with zero attached hydrogens (tertiary/aromatic N) is 5. The van der Waals surface area contributed by atoms with E-state index in [0.717, 1.165) is 6.21 Å². The monoisotopic (exact) mass is 585 g/mol. The van der Waals surface area contributed by atoms with Gasteiger partial charge in [0.25, 0.3) is 5.91 Å². The normalized spacial score (nSPS) is 18.1. The fourth-order valence-corrected chi connectivity index (χ4v) is 4.69. The quantitative estimate of drug-likeness (QED) is 0.158. The van der Waals surface area contributed by atoms with Gasteiger partial charge in [0.15, 0.2) is 5.84 Å². The van der Waals surface area contributed by atoms with Gasteiger partial charge in [0.05, 0.1) is 66.4 Å². The molecular weight excluding hydrogens is 557 g/mol. The molecule has 2 aliphatic rings. The van der Waals surface area contributed by atoms with Crippen LogP contribution in [0.2, 0.25) is 5.02 Å². The summed E-state index contributed by atoms with van der Waals surface area (Å²) < 4.78 is 19.2. The minimum Gasteiger partial charge on any atom is -0.501 e. The first-order chi connectivity index (χ1) is 19.7. The highest BCUT2D eigenvalue weighted by Gasteiger charge is 2.36. The number of ether oxygens (including phenoxy) is 1. The summed E-state index contributed by atoms with van der Waals surface area (Å²) in [6.07, 6.45) is 6.76. The van der Waals surface area contributed by atoms with Gasteiger partial charge in [-0.25, -0.2) is 14.4 Å². The van der Waals surface area contributed by atoms with Gasteiger partial charge in [-0.2, -0.15) is 5.10 Å². The first kappa shape index (κ1) is 29.6. The van der Waals surface area contributed by atoms with Crippen molar-refractivity contribution in [1.29, 1.82) is 5.41 Å². The van der Waals surface area contributed by atoms with Crippen LogP contribution in [0.15, 0.2) is 47.3 Å². The predicted molar refractivity (Wildman–Crippen MR) is 150 cm³/mol. The molecule has 2 aromatic heterocycles. The summed E-state index contributed by atoms with van der Waals surface area (Å²) >= 11 is 6.35. The third-order valence-corrected chi connectivity index (χ3v) is 6.94. The zero-order chi connectivity index (χ0) is 29.7. The Morgan fingerprint density at radius 3 is 2.88 bits per heavy atom. The number of pyridine rings is 1. The van der Waals surface area contributed by atoms with Gasteiger partial charge in [-0.15, -0.1) is 0 Å². The predicted octanol–water partition coefficient (Wildman–Crippen LogP) is 2.01. The topological polar surface area (TPSA) is 178 Å². The average molecular weight is 586 g/mol. The van der Waals surface area contributed by atoms with Gasteiger partial charge >= 0.3 is 0 Å². The van der Waals surface area contributed by atoms with Crippen molar-refractivity contribution >= 4 is 41.4 Å². The van der Waals surface area contributed by atoms with Crippen LogP contribution < -0.4 is 16.1 Å². The molecule has 2 aromatic rings. The van der Waals surface area contributed by atoms with E-state index in [1.807, 2.05) is 0 Å². The van der Waals surface area contributed by atoms with Crippen molar-refractivity contribution < 1.29 is 23.8 Å². The number of carbonyl (C=O) groups is 2. The number of allylic oxidation sites excluding steroid dienone is 3. The third kappa shape index (κ3) is 6.49. The van der Waals surface area contributed by atoms with E-state index in [1.165, 1.54) is 36.6 Å². The van der Waals surface area contributed by atoms with Crippen LogP contribution in [0.5, 0.6) is 0 Å². The molecule has 41 heavy (non-hydrogen) atoms. The summed E-state index contributed by atoms with van der Waals surface area (Å²) in [5, 5.41) is 27.0. The number of hydrazone groups is 1. The molecule has 1 unspecified atom stereocenters. The molecule has 0 saturated carbocycles. The van der Waals surface area contributed by atoms with Gasteiger partial charge in [-0.05, 0) is 19.1 Å². The zero-order valence-corrected chi connectivity index (χ0v) is 23.2. The molecule has 1 aliphatic heterocycles. The largest absolute Gasteiger partial charge is 0.501 e. The Morgan fingerprint density at radius 2 is 2.20 bits per heavy atom. The molecule has 0 fully saturated rings. The van der Waals surface area contributed by atoms with Crippen molar-refractivity contribution in [3.8, 4) is 11.3 Å². The van der Waals surface area contributed by atoms with Crippen molar-refractivity contribution in [1.82, 2.24) is 30.6 Å². The highest BCUT2D eigenvalue weighted by Crippen LogP contribution is 2.31. The number of fused-ring (bicyclic) bond motifs is 1. The maximum atomic E-state index is 14.0. The molecule has 216 valence electrons. The SMILES string of the molecule is CN/N=C(\C=N)Nc1ncc(Cl)c(-c2cnc3c(c2)C(=O)N([C@H](C)C(=O)N[C@H](CO)C2C=C(F)C=C(OC)C2)C3)n1. The maximum Gasteiger partial charge on any atom is 0.256 e. The first-order valence-electron chi connectivity index (χ1n) is 12.6. The van der Waals surface area contributed by atoms with Crippen molar-refractivity contribution in [3.05, 3.63) is 58.5 Å². The number of aliphatic hydroxyl groups excluding tert-OH is 1. The number of hydrogen-bond donors (Lipinski definition) is 5. The number of carbonyl (C=O) groups excluding carboxylic acids is 2. The highest BCUT2D eigenvalue weighted by molar-refractivity contribution is 6.34. The molecule has 5 N–H and O–H groups in total. The number of hydrogen-bond acceptors (Lipinski definition) is 10. The molecule has 15 heteroatoms. The number of aliphatic hydroxyl groups is 1. The number of methoxy groups -OCH3 is 1. The van der Waals surface area contributed by atoms with Gasteiger partial charge in [0.1, 0.15) is 11.9 Å². The van der Waals surface area contributed by atoms with E-state index in [-0.39, 0.29) is 28.9 Å². The molecule has 3 atom stereocenters. The summed E-state index contributed by atoms with van der Waals surface area (Å²) in [4.78, 5) is 40.8. The standard InChI is InChI=1S/C26H29ClFN9O4/c1-13(24(39)33-21(12-38)14-4-16(28)7-17(5-14)41-3)37-11-20-18(25(37)40)6-15(9-31-20)23-19(27)10-32-26(35-23)34-22(8-29)36-30-2/h4,6-10,13-14,21,29-30,38H,5,11-12H2,1-3H3,(H,33,39)(H,32,34,35,36)/t13-,14?,21-/m1/s1. The zero-order valence-electron chi connectivity index (χ0n) is 22.5. The Hall–Kier alpha value is -4.43. The average Bonchev–Trinajstić information content (AvgIpc) is 3.30. The second-order valence-corrected chi connectivity index (χ2v) is 9.65. The van der Waals surface area contributed by atoms with Crippen molar-refractivity contribution in [2.75, 3.05) is 26.1 Å². The van der Waals surface area contributed by atoms with E-state index in [4.69, 9.17) is 21.7 Å². The minimum atomic E-state index is -0.909. The van der Waals surface area contributed by atoms with Gasteiger partial charge in [0.2, 0.25) is 11.9 Å². The molecule has 1 aliphatic carbocycles. The minimum absolute atomic E-state index is 0.0921. The van der Waals surface area contributed by atoms with Gasteiger partial charge in [-0.3, -0.25) is 14.6 Å². The lowest BCUT2D eigenvalue weighted by Crippen LogP contribution is -2.51. The van der Waals surface area contributed by atoms with Crippen LogP contribution in [0.1, 0.15) is 29.4 Å². The highest BCUT2D eigenvalue weighted by atomic mass is 35.5. The van der Waals surface area contributed by atoms with Crippen LogP contribution in [0.25, 0.3) is 11.3 Å². The van der Waals surface area contributed by atoms with Gasteiger partial charge < -0.3 is 36.2 Å². The third-order valence-electron chi connectivity index (χ3n) is 6.67. The maximum absolute atomic E-state index is 14.0. The second kappa shape index (κ2) is 12.8. The summed E-state index contributed by atoms with van der Waals surface area (Å²) in [5.41, 5.74) is 4.07.